The molecule has 9 heteroatoms. The van der Waals surface area contributed by atoms with Gasteiger partial charge in [-0.2, -0.15) is 0 Å². The number of hydrogen-bond acceptors (Lipinski definition) is 5. The van der Waals surface area contributed by atoms with Crippen molar-refractivity contribution in [3.05, 3.63) is 75.2 Å². The molecule has 37 heavy (non-hydrogen) atoms. The number of ether oxygens (including phenoxy) is 3. The van der Waals surface area contributed by atoms with E-state index in [4.69, 9.17) is 14.2 Å². The monoisotopic (exact) mass is 632 g/mol. The van der Waals surface area contributed by atoms with Crippen molar-refractivity contribution in [2.45, 2.75) is 33.1 Å². The summed E-state index contributed by atoms with van der Waals surface area (Å²) >= 11 is 7.14. The van der Waals surface area contributed by atoms with Crippen molar-refractivity contribution in [1.82, 2.24) is 0 Å². The lowest BCUT2D eigenvalue weighted by molar-refractivity contribution is -0.141. The molecule has 0 aliphatic carbocycles. The summed E-state index contributed by atoms with van der Waals surface area (Å²) in [5.41, 5.74) is 2.14. The second-order valence-electron chi connectivity index (χ2n) is 8.24. The molecule has 1 N–H and O–H groups in total. The molecule has 3 aromatic carbocycles. The minimum absolute atomic E-state index is 0.216. The van der Waals surface area contributed by atoms with Gasteiger partial charge in [0.05, 0.1) is 22.7 Å². The van der Waals surface area contributed by atoms with E-state index in [1.54, 1.807) is 38.3 Å². The van der Waals surface area contributed by atoms with E-state index in [1.165, 1.54) is 4.90 Å². The predicted molar refractivity (Wildman–Crippen MR) is 153 cm³/mol. The lowest BCUT2D eigenvalue weighted by Crippen LogP contribution is -2.39. The van der Waals surface area contributed by atoms with Gasteiger partial charge in [0.1, 0.15) is 18.0 Å². The quantitative estimate of drug-likeness (QED) is 0.228. The Morgan fingerprint density at radius 3 is 2.27 bits per heavy atom. The number of benzene rings is 3. The van der Waals surface area contributed by atoms with Crippen LogP contribution in [0.4, 0.5) is 16.2 Å². The molecule has 0 saturated heterocycles. The zero-order chi connectivity index (χ0) is 26.9. The van der Waals surface area contributed by atoms with Gasteiger partial charge in [0.2, 0.25) is 0 Å². The standard InChI is InChI=1S/C28H30Br2N2O5/c1-5-18(3)22-16-21(12-13-25(22)35-4)37-27-23(29)14-20(15-24(27)30)32(17-26(33)36-6-2)28(34)31-19-10-8-7-9-11-19/h7-16,18H,5-6,17H2,1-4H3,(H,31,34). The Morgan fingerprint density at radius 2 is 1.68 bits per heavy atom. The summed E-state index contributed by atoms with van der Waals surface area (Å²) in [6.07, 6.45) is 0.962. The number of halogens is 2. The van der Waals surface area contributed by atoms with Crippen molar-refractivity contribution < 1.29 is 23.8 Å². The first-order valence-corrected chi connectivity index (χ1v) is 13.5. The van der Waals surface area contributed by atoms with Crippen molar-refractivity contribution in [3.63, 3.8) is 0 Å². The SMILES string of the molecule is CCOC(=O)CN(C(=O)Nc1ccccc1)c1cc(Br)c(Oc2ccc(OC)c(C(C)CC)c2)c(Br)c1. The molecular weight excluding hydrogens is 604 g/mol. The number of urea groups is 1. The number of carbonyl (C=O) groups is 2. The highest BCUT2D eigenvalue weighted by Crippen LogP contribution is 2.42. The molecule has 2 amide bonds. The zero-order valence-electron chi connectivity index (χ0n) is 21.2. The first-order valence-electron chi connectivity index (χ1n) is 11.9. The molecule has 0 aromatic heterocycles. The number of para-hydroxylation sites is 1. The summed E-state index contributed by atoms with van der Waals surface area (Å²) in [6.45, 7) is 5.94. The van der Waals surface area contributed by atoms with Crippen LogP contribution in [0.15, 0.2) is 69.6 Å². The average molecular weight is 634 g/mol. The van der Waals surface area contributed by atoms with Gasteiger partial charge >= 0.3 is 12.0 Å². The number of carbonyl (C=O) groups excluding carboxylic acids is 2. The van der Waals surface area contributed by atoms with Gasteiger partial charge in [0.25, 0.3) is 0 Å². The molecule has 0 radical (unpaired) electrons. The maximum atomic E-state index is 13.2. The van der Waals surface area contributed by atoms with Crippen LogP contribution < -0.4 is 19.7 Å². The van der Waals surface area contributed by atoms with Crippen LogP contribution in [0.25, 0.3) is 0 Å². The Balaban J connectivity index is 1.92. The Hall–Kier alpha value is -3.04. The minimum Gasteiger partial charge on any atom is -0.496 e. The summed E-state index contributed by atoms with van der Waals surface area (Å²) in [7, 11) is 1.66. The Labute approximate surface area is 234 Å². The molecule has 1 unspecified atom stereocenters. The fourth-order valence-electron chi connectivity index (χ4n) is 3.63. The first kappa shape index (κ1) is 28.5. The van der Waals surface area contributed by atoms with Crippen LogP contribution in [0.1, 0.15) is 38.7 Å². The number of rotatable bonds is 10. The van der Waals surface area contributed by atoms with Crippen molar-refractivity contribution in [2.24, 2.45) is 0 Å². The van der Waals surface area contributed by atoms with E-state index in [1.807, 2.05) is 36.4 Å². The Morgan fingerprint density at radius 1 is 1.00 bits per heavy atom. The van der Waals surface area contributed by atoms with Crippen molar-refractivity contribution in [3.8, 4) is 17.2 Å². The number of esters is 1. The molecule has 196 valence electrons. The highest BCUT2D eigenvalue weighted by molar-refractivity contribution is 9.11. The van der Waals surface area contributed by atoms with E-state index in [2.05, 4.69) is 51.0 Å². The van der Waals surface area contributed by atoms with Gasteiger partial charge in [-0.15, -0.1) is 0 Å². The van der Waals surface area contributed by atoms with Gasteiger partial charge in [0, 0.05) is 16.9 Å². The number of amides is 2. The molecule has 0 spiro atoms. The van der Waals surface area contributed by atoms with Crippen LogP contribution in [0.2, 0.25) is 0 Å². The van der Waals surface area contributed by atoms with E-state index in [0.717, 1.165) is 17.7 Å². The van der Waals surface area contributed by atoms with Crippen LogP contribution in [0, 0.1) is 0 Å². The molecule has 3 rings (SSSR count). The lowest BCUT2D eigenvalue weighted by atomic mass is 9.97. The van der Waals surface area contributed by atoms with Gasteiger partial charge in [0.15, 0.2) is 5.75 Å². The summed E-state index contributed by atoms with van der Waals surface area (Å²) in [5.74, 6) is 1.77. The number of methoxy groups -OCH3 is 1. The van der Waals surface area contributed by atoms with E-state index in [-0.39, 0.29) is 13.2 Å². The molecule has 3 aromatic rings. The molecule has 0 saturated carbocycles. The number of nitrogens with one attached hydrogen (secondary N) is 1. The summed E-state index contributed by atoms with van der Waals surface area (Å²) in [6, 6.07) is 17.7. The first-order chi connectivity index (χ1) is 17.8. The Bertz CT molecular complexity index is 1210. The van der Waals surface area contributed by atoms with Crippen LogP contribution in [0.3, 0.4) is 0 Å². The third kappa shape index (κ3) is 7.49. The van der Waals surface area contributed by atoms with Gasteiger partial charge < -0.3 is 19.5 Å². The molecule has 7 nitrogen and oxygen atoms in total. The summed E-state index contributed by atoms with van der Waals surface area (Å²) < 4.78 is 18.0. The normalized spacial score (nSPS) is 11.4. The highest BCUT2D eigenvalue weighted by Gasteiger charge is 2.23. The topological polar surface area (TPSA) is 77.1 Å². The van der Waals surface area contributed by atoms with E-state index < -0.39 is 12.0 Å². The second kappa shape index (κ2) is 13.5. The fourth-order valence-corrected chi connectivity index (χ4v) is 4.95. The van der Waals surface area contributed by atoms with Gasteiger partial charge in [-0.25, -0.2) is 4.79 Å². The molecule has 0 aliphatic heterocycles. The molecule has 0 aliphatic rings. The van der Waals surface area contributed by atoms with Gasteiger partial charge in [-0.1, -0.05) is 32.0 Å². The summed E-state index contributed by atoms with van der Waals surface area (Å²) in [5, 5.41) is 2.82. The smallest absolute Gasteiger partial charge is 0.326 e. The van der Waals surface area contributed by atoms with Crippen LogP contribution in [-0.4, -0.2) is 32.3 Å². The fraction of sp³-hybridized carbons (Fsp3) is 0.286. The molecule has 1 atom stereocenters. The largest absolute Gasteiger partial charge is 0.496 e. The third-order valence-corrected chi connectivity index (χ3v) is 6.90. The number of anilines is 2. The van der Waals surface area contributed by atoms with Crippen molar-refractivity contribution in [2.75, 3.05) is 30.5 Å². The number of hydrogen-bond donors (Lipinski definition) is 1. The van der Waals surface area contributed by atoms with E-state index in [9.17, 15) is 9.59 Å². The molecule has 0 heterocycles. The van der Waals surface area contributed by atoms with Crippen LogP contribution in [-0.2, 0) is 9.53 Å². The summed E-state index contributed by atoms with van der Waals surface area (Å²) in [4.78, 5) is 26.8. The maximum Gasteiger partial charge on any atom is 0.326 e. The maximum absolute atomic E-state index is 13.2. The molecular formula is C28H30Br2N2O5. The Kier molecular flexibility index (Phi) is 10.4. The number of nitrogens with zero attached hydrogens (tertiary/aromatic N) is 1. The molecule has 0 bridgehead atoms. The van der Waals surface area contributed by atoms with Gasteiger partial charge in [-0.05, 0) is 93.6 Å². The second-order valence-corrected chi connectivity index (χ2v) is 9.95. The van der Waals surface area contributed by atoms with E-state index >= 15 is 0 Å². The van der Waals surface area contributed by atoms with Crippen LogP contribution in [0.5, 0.6) is 17.2 Å². The van der Waals surface area contributed by atoms with Crippen molar-refractivity contribution in [1.29, 1.82) is 0 Å². The minimum atomic E-state index is -0.519. The van der Waals surface area contributed by atoms with Crippen LogP contribution >= 0.6 is 31.9 Å². The predicted octanol–water partition coefficient (Wildman–Crippen LogP) is 8.13. The molecule has 0 fully saturated rings. The van der Waals surface area contributed by atoms with Gasteiger partial charge in [-0.3, -0.25) is 9.69 Å². The highest BCUT2D eigenvalue weighted by atomic mass is 79.9. The van der Waals surface area contributed by atoms with Crippen molar-refractivity contribution >= 4 is 55.2 Å². The zero-order valence-corrected chi connectivity index (χ0v) is 24.4. The van der Waals surface area contributed by atoms with E-state index in [0.29, 0.717) is 37.7 Å². The third-order valence-electron chi connectivity index (χ3n) is 5.72. The lowest BCUT2D eigenvalue weighted by Gasteiger charge is -2.24. The average Bonchev–Trinajstić information content (AvgIpc) is 2.89.